The smallest absolute Gasteiger partial charge is 0.268 e. The molecule has 168 valence electrons. The van der Waals surface area contributed by atoms with E-state index in [9.17, 15) is 9.59 Å². The first kappa shape index (κ1) is 22.5. The van der Waals surface area contributed by atoms with Crippen molar-refractivity contribution >= 4 is 17.9 Å². The van der Waals surface area contributed by atoms with Crippen LogP contribution in [0.4, 0.5) is 0 Å². The quantitative estimate of drug-likeness (QED) is 0.373. The molecule has 34 heavy (non-hydrogen) atoms. The summed E-state index contributed by atoms with van der Waals surface area (Å²) in [7, 11) is 0. The van der Waals surface area contributed by atoms with E-state index >= 15 is 0 Å². The Morgan fingerprint density at radius 1 is 0.824 bits per heavy atom. The Morgan fingerprint density at radius 2 is 1.56 bits per heavy atom. The van der Waals surface area contributed by atoms with Crippen LogP contribution in [0.15, 0.2) is 115 Å². The molecule has 0 atom stereocenters. The third kappa shape index (κ3) is 6.40. The largest absolute Gasteiger partial charge is 0.457 e. The van der Waals surface area contributed by atoms with Gasteiger partial charge in [-0.3, -0.25) is 14.6 Å². The number of para-hydroxylation sites is 1. The summed E-state index contributed by atoms with van der Waals surface area (Å²) in [5, 5.41) is 5.58. The standard InChI is InChI=1S/C28H23N3O3/c32-27(23-11-3-1-4-12-23)31-26(28(33)30-20-22-10-8-16-29-19-22)18-21-9-7-15-25(17-21)34-24-13-5-2-6-14-24/h1-19H,20H2,(H,30,33)(H,31,32). The molecule has 0 fully saturated rings. The Bertz CT molecular complexity index is 1270. The fourth-order valence-electron chi connectivity index (χ4n) is 3.18. The molecule has 0 unspecified atom stereocenters. The van der Waals surface area contributed by atoms with Gasteiger partial charge in [0.15, 0.2) is 0 Å². The van der Waals surface area contributed by atoms with Crippen molar-refractivity contribution in [2.24, 2.45) is 0 Å². The molecule has 2 N–H and O–H groups in total. The molecule has 4 aromatic rings. The average Bonchev–Trinajstić information content (AvgIpc) is 2.89. The van der Waals surface area contributed by atoms with Crippen LogP contribution in [0.2, 0.25) is 0 Å². The number of benzene rings is 3. The molecule has 1 aromatic heterocycles. The van der Waals surface area contributed by atoms with E-state index in [1.807, 2.05) is 60.7 Å². The lowest BCUT2D eigenvalue weighted by molar-refractivity contribution is -0.117. The maximum Gasteiger partial charge on any atom is 0.268 e. The first-order valence-corrected chi connectivity index (χ1v) is 10.8. The monoisotopic (exact) mass is 449 g/mol. The van der Waals surface area contributed by atoms with Crippen molar-refractivity contribution in [3.63, 3.8) is 0 Å². The highest BCUT2D eigenvalue weighted by Gasteiger charge is 2.15. The van der Waals surface area contributed by atoms with E-state index in [-0.39, 0.29) is 18.1 Å². The number of hydrogen-bond acceptors (Lipinski definition) is 4. The van der Waals surface area contributed by atoms with Gasteiger partial charge < -0.3 is 15.4 Å². The number of nitrogens with zero attached hydrogens (tertiary/aromatic N) is 1. The van der Waals surface area contributed by atoms with Crippen LogP contribution < -0.4 is 15.4 Å². The molecule has 0 bridgehead atoms. The van der Waals surface area contributed by atoms with Gasteiger partial charge in [0.1, 0.15) is 17.2 Å². The highest BCUT2D eigenvalue weighted by Crippen LogP contribution is 2.22. The van der Waals surface area contributed by atoms with Crippen LogP contribution in [-0.2, 0) is 11.3 Å². The SMILES string of the molecule is O=C(NCc1cccnc1)C(=Cc1cccc(Oc2ccccc2)c1)NC(=O)c1ccccc1. The second-order valence-electron chi connectivity index (χ2n) is 7.41. The molecule has 0 aliphatic carbocycles. The van der Waals surface area contributed by atoms with Gasteiger partial charge in [-0.2, -0.15) is 0 Å². The number of nitrogens with one attached hydrogen (secondary N) is 2. The number of pyridine rings is 1. The van der Waals surface area contributed by atoms with Crippen molar-refractivity contribution in [3.8, 4) is 11.5 Å². The second-order valence-corrected chi connectivity index (χ2v) is 7.41. The lowest BCUT2D eigenvalue weighted by Crippen LogP contribution is -2.34. The zero-order valence-corrected chi connectivity index (χ0v) is 18.3. The molecule has 2 amide bonds. The summed E-state index contributed by atoms with van der Waals surface area (Å²) in [6.07, 6.45) is 4.97. The third-order valence-electron chi connectivity index (χ3n) is 4.85. The van der Waals surface area contributed by atoms with Crippen LogP contribution in [0.25, 0.3) is 6.08 Å². The molecule has 0 saturated carbocycles. The number of carbonyl (C=O) groups is 2. The maximum absolute atomic E-state index is 13.0. The Balaban J connectivity index is 1.56. The summed E-state index contributed by atoms with van der Waals surface area (Å²) >= 11 is 0. The molecule has 0 spiro atoms. The molecule has 3 aromatic carbocycles. The number of hydrogen-bond donors (Lipinski definition) is 2. The zero-order valence-electron chi connectivity index (χ0n) is 18.3. The van der Waals surface area contributed by atoms with Crippen LogP contribution in [0.1, 0.15) is 21.5 Å². The van der Waals surface area contributed by atoms with E-state index < -0.39 is 5.91 Å². The van der Waals surface area contributed by atoms with Gasteiger partial charge in [0.05, 0.1) is 0 Å². The van der Waals surface area contributed by atoms with Crippen molar-refractivity contribution in [1.82, 2.24) is 15.6 Å². The molecule has 0 saturated heterocycles. The molecular formula is C28H23N3O3. The third-order valence-corrected chi connectivity index (χ3v) is 4.85. The lowest BCUT2D eigenvalue weighted by Gasteiger charge is -2.12. The topological polar surface area (TPSA) is 80.3 Å². The Hall–Kier alpha value is -4.71. The maximum atomic E-state index is 13.0. The van der Waals surface area contributed by atoms with Crippen LogP contribution in [0.3, 0.4) is 0 Å². The van der Waals surface area contributed by atoms with Crippen LogP contribution in [0.5, 0.6) is 11.5 Å². The van der Waals surface area contributed by atoms with Gasteiger partial charge in [0.25, 0.3) is 11.8 Å². The van der Waals surface area contributed by atoms with Gasteiger partial charge in [0, 0.05) is 24.5 Å². The number of rotatable bonds is 8. The minimum absolute atomic E-state index is 0.120. The Kier molecular flexibility index (Phi) is 7.43. The number of ether oxygens (including phenoxy) is 1. The van der Waals surface area contributed by atoms with Gasteiger partial charge in [-0.1, -0.05) is 54.6 Å². The summed E-state index contributed by atoms with van der Waals surface area (Å²) in [5.41, 5.74) is 2.13. The Morgan fingerprint density at radius 3 is 2.29 bits per heavy atom. The van der Waals surface area contributed by atoms with Crippen molar-refractivity contribution in [2.75, 3.05) is 0 Å². The normalized spacial score (nSPS) is 10.9. The van der Waals surface area contributed by atoms with Gasteiger partial charge in [0.2, 0.25) is 0 Å². The first-order valence-electron chi connectivity index (χ1n) is 10.8. The second kappa shape index (κ2) is 11.2. The van der Waals surface area contributed by atoms with E-state index in [4.69, 9.17) is 4.74 Å². The molecular weight excluding hydrogens is 426 g/mol. The molecule has 4 rings (SSSR count). The van der Waals surface area contributed by atoms with Crippen LogP contribution in [0, 0.1) is 0 Å². The van der Waals surface area contributed by atoms with Crippen molar-refractivity contribution < 1.29 is 14.3 Å². The summed E-state index contributed by atoms with van der Waals surface area (Å²) in [6.45, 7) is 0.280. The van der Waals surface area contributed by atoms with E-state index in [0.29, 0.717) is 22.6 Å². The summed E-state index contributed by atoms with van der Waals surface area (Å²) < 4.78 is 5.89. The highest BCUT2D eigenvalue weighted by atomic mass is 16.5. The molecule has 1 heterocycles. The molecule has 0 aliphatic heterocycles. The predicted octanol–water partition coefficient (Wildman–Crippen LogP) is 4.96. The van der Waals surface area contributed by atoms with Gasteiger partial charge >= 0.3 is 0 Å². The molecule has 0 aliphatic rings. The number of amides is 2. The van der Waals surface area contributed by atoms with Gasteiger partial charge in [-0.25, -0.2) is 0 Å². The number of carbonyl (C=O) groups excluding carboxylic acids is 2. The summed E-state index contributed by atoms with van der Waals surface area (Å²) in [5.74, 6) is 0.530. The molecule has 6 heteroatoms. The molecule has 6 nitrogen and oxygen atoms in total. The fourth-order valence-corrected chi connectivity index (χ4v) is 3.18. The predicted molar refractivity (Wildman–Crippen MR) is 131 cm³/mol. The lowest BCUT2D eigenvalue weighted by atomic mass is 10.1. The van der Waals surface area contributed by atoms with Crippen molar-refractivity contribution in [2.45, 2.75) is 6.54 Å². The minimum atomic E-state index is -0.414. The molecule has 0 radical (unpaired) electrons. The van der Waals surface area contributed by atoms with Crippen LogP contribution in [-0.4, -0.2) is 16.8 Å². The first-order chi connectivity index (χ1) is 16.7. The van der Waals surface area contributed by atoms with Gasteiger partial charge in [-0.15, -0.1) is 0 Å². The fraction of sp³-hybridized carbons (Fsp3) is 0.0357. The van der Waals surface area contributed by atoms with E-state index in [0.717, 1.165) is 5.56 Å². The van der Waals surface area contributed by atoms with Crippen molar-refractivity contribution in [1.29, 1.82) is 0 Å². The number of aromatic nitrogens is 1. The van der Waals surface area contributed by atoms with E-state index in [2.05, 4.69) is 15.6 Å². The van der Waals surface area contributed by atoms with E-state index in [1.165, 1.54) is 0 Å². The van der Waals surface area contributed by atoms with E-state index in [1.54, 1.807) is 54.9 Å². The highest BCUT2D eigenvalue weighted by molar-refractivity contribution is 6.05. The minimum Gasteiger partial charge on any atom is -0.457 e. The van der Waals surface area contributed by atoms with Crippen LogP contribution >= 0.6 is 0 Å². The van der Waals surface area contributed by atoms with Crippen molar-refractivity contribution in [3.05, 3.63) is 132 Å². The zero-order chi connectivity index (χ0) is 23.6. The average molecular weight is 450 g/mol. The van der Waals surface area contributed by atoms with Gasteiger partial charge in [-0.05, 0) is 59.7 Å². The summed E-state index contributed by atoms with van der Waals surface area (Å²) in [4.78, 5) is 29.8. The Labute approximate surface area is 197 Å². The summed E-state index contributed by atoms with van der Waals surface area (Å²) in [6, 6.07) is 29.1.